The van der Waals surface area contributed by atoms with Gasteiger partial charge < -0.3 is 14.7 Å². The van der Waals surface area contributed by atoms with Crippen molar-refractivity contribution in [2.24, 2.45) is 11.8 Å². The highest BCUT2D eigenvalue weighted by molar-refractivity contribution is 7.99. The monoisotopic (exact) mass is 484 g/mol. The van der Waals surface area contributed by atoms with Gasteiger partial charge in [0.2, 0.25) is 0 Å². The number of hydrogen-bond acceptors (Lipinski definition) is 7. The van der Waals surface area contributed by atoms with Crippen molar-refractivity contribution in [3.63, 3.8) is 0 Å². The van der Waals surface area contributed by atoms with Crippen LogP contribution in [0.3, 0.4) is 0 Å². The average molecular weight is 485 g/mol. The summed E-state index contributed by atoms with van der Waals surface area (Å²) in [5, 5.41) is 19.8. The van der Waals surface area contributed by atoms with Gasteiger partial charge in [0.25, 0.3) is 0 Å². The van der Waals surface area contributed by atoms with Crippen LogP contribution in [0.1, 0.15) is 37.4 Å². The van der Waals surface area contributed by atoms with Crippen LogP contribution >= 0.6 is 11.8 Å². The highest BCUT2D eigenvalue weighted by atomic mass is 32.2. The first-order valence-electron chi connectivity index (χ1n) is 12.0. The molecule has 1 aromatic carbocycles. The van der Waals surface area contributed by atoms with E-state index in [1.807, 2.05) is 30.3 Å². The Morgan fingerprint density at radius 3 is 2.94 bits per heavy atom. The standard InChI is InChI=1S/C26H33FN4O2S/c1-33-21-6-8-25-23(16-21)22(9-12-28-25)24(27)7-5-19-10-14-31(17-20(19)18-32)13-3-15-34-26-4-2-11-29-30-26/h2,4,6,8-9,11-12,16,19-20,24,32H,3,5,7,10,13-15,17-18H2,1H3/t19-,20-,24?/m1/s1. The van der Waals surface area contributed by atoms with Gasteiger partial charge in [-0.15, -0.1) is 16.9 Å². The first kappa shape index (κ1) is 24.8. The zero-order valence-corrected chi connectivity index (χ0v) is 20.5. The minimum Gasteiger partial charge on any atom is -0.497 e. The van der Waals surface area contributed by atoms with Crippen molar-refractivity contribution in [3.05, 3.63) is 54.4 Å². The Bertz CT molecular complexity index is 1040. The summed E-state index contributed by atoms with van der Waals surface area (Å²) in [6.45, 7) is 3.04. The SMILES string of the molecule is COc1ccc2nccc(C(F)CC[C@@H]3CCN(CCCSc4cccnn4)C[C@@H]3CO)c2c1. The molecule has 3 atom stereocenters. The van der Waals surface area contributed by atoms with Crippen molar-refractivity contribution in [3.8, 4) is 5.75 Å². The molecule has 1 aliphatic rings. The van der Waals surface area contributed by atoms with E-state index in [1.54, 1.807) is 37.3 Å². The Balaban J connectivity index is 1.26. The van der Waals surface area contributed by atoms with E-state index >= 15 is 4.39 Å². The third-order valence-corrected chi connectivity index (χ3v) is 7.74. The van der Waals surface area contributed by atoms with Crippen molar-refractivity contribution >= 4 is 22.7 Å². The fourth-order valence-electron chi connectivity index (χ4n) is 4.84. The minimum absolute atomic E-state index is 0.155. The summed E-state index contributed by atoms with van der Waals surface area (Å²) in [5.41, 5.74) is 1.45. The number of methoxy groups -OCH3 is 1. The number of aliphatic hydroxyl groups excluding tert-OH is 1. The van der Waals surface area contributed by atoms with Crippen LogP contribution in [0.5, 0.6) is 5.75 Å². The fraction of sp³-hybridized carbons (Fsp3) is 0.500. The van der Waals surface area contributed by atoms with Crippen LogP contribution in [-0.2, 0) is 0 Å². The number of nitrogens with zero attached hydrogens (tertiary/aromatic N) is 4. The van der Waals surface area contributed by atoms with E-state index in [4.69, 9.17) is 4.74 Å². The Kier molecular flexibility index (Phi) is 9.07. The second-order valence-corrected chi connectivity index (χ2v) is 10.00. The van der Waals surface area contributed by atoms with Gasteiger partial charge in [0, 0.05) is 36.7 Å². The average Bonchev–Trinajstić information content (AvgIpc) is 2.89. The number of alkyl halides is 1. The number of pyridine rings is 1. The number of piperidine rings is 1. The zero-order chi connectivity index (χ0) is 23.8. The normalized spacial score (nSPS) is 19.9. The number of thioether (sulfide) groups is 1. The van der Waals surface area contributed by atoms with Crippen molar-refractivity contribution in [1.82, 2.24) is 20.1 Å². The van der Waals surface area contributed by atoms with Gasteiger partial charge in [-0.2, -0.15) is 5.10 Å². The molecule has 8 heteroatoms. The van der Waals surface area contributed by atoms with E-state index in [0.29, 0.717) is 23.7 Å². The summed E-state index contributed by atoms with van der Waals surface area (Å²) < 4.78 is 20.7. The van der Waals surface area contributed by atoms with Crippen LogP contribution in [0, 0.1) is 11.8 Å². The lowest BCUT2D eigenvalue weighted by atomic mass is 9.81. The largest absolute Gasteiger partial charge is 0.497 e. The van der Waals surface area contributed by atoms with E-state index < -0.39 is 6.17 Å². The van der Waals surface area contributed by atoms with Gasteiger partial charge in [-0.25, -0.2) is 4.39 Å². The molecule has 0 amide bonds. The molecular formula is C26H33FN4O2S. The number of ether oxygens (including phenoxy) is 1. The molecule has 2 aromatic heterocycles. The van der Waals surface area contributed by atoms with Gasteiger partial charge in [0.1, 0.15) is 16.9 Å². The van der Waals surface area contributed by atoms with Crippen molar-refractivity contribution < 1.29 is 14.2 Å². The molecule has 0 radical (unpaired) electrons. The minimum atomic E-state index is -1.06. The quantitative estimate of drug-likeness (QED) is 0.305. The molecule has 34 heavy (non-hydrogen) atoms. The van der Waals surface area contributed by atoms with Crippen LogP contribution in [0.2, 0.25) is 0 Å². The van der Waals surface area contributed by atoms with Gasteiger partial charge >= 0.3 is 0 Å². The molecule has 6 nitrogen and oxygen atoms in total. The summed E-state index contributed by atoms with van der Waals surface area (Å²) in [6, 6.07) is 11.2. The molecule has 0 spiro atoms. The summed E-state index contributed by atoms with van der Waals surface area (Å²) in [5.74, 6) is 2.24. The van der Waals surface area contributed by atoms with Crippen molar-refractivity contribution in [2.45, 2.75) is 36.9 Å². The Labute approximate surface area is 204 Å². The zero-order valence-electron chi connectivity index (χ0n) is 19.6. The summed E-state index contributed by atoms with van der Waals surface area (Å²) in [4.78, 5) is 6.80. The lowest BCUT2D eigenvalue weighted by Crippen LogP contribution is -2.42. The summed E-state index contributed by atoms with van der Waals surface area (Å²) in [6.07, 6.45) is 5.59. The number of likely N-dealkylation sites (tertiary alicyclic amines) is 1. The predicted molar refractivity (Wildman–Crippen MR) is 134 cm³/mol. The van der Waals surface area contributed by atoms with Gasteiger partial charge in [-0.05, 0) is 92.6 Å². The second-order valence-electron chi connectivity index (χ2n) is 8.88. The van der Waals surface area contributed by atoms with E-state index in [-0.39, 0.29) is 12.5 Å². The van der Waals surface area contributed by atoms with E-state index in [2.05, 4.69) is 20.1 Å². The molecule has 1 fully saturated rings. The first-order valence-corrected chi connectivity index (χ1v) is 13.0. The lowest BCUT2D eigenvalue weighted by Gasteiger charge is -2.38. The molecule has 1 aliphatic heterocycles. The summed E-state index contributed by atoms with van der Waals surface area (Å²) >= 11 is 1.72. The maximum absolute atomic E-state index is 15.4. The molecule has 0 aliphatic carbocycles. The number of benzene rings is 1. The highest BCUT2D eigenvalue weighted by Crippen LogP contribution is 2.35. The molecule has 4 rings (SSSR count). The molecule has 182 valence electrons. The fourth-order valence-corrected chi connectivity index (χ4v) is 5.60. The van der Waals surface area contributed by atoms with Crippen molar-refractivity contribution in [1.29, 1.82) is 0 Å². The number of halogens is 1. The predicted octanol–water partition coefficient (Wildman–Crippen LogP) is 4.94. The van der Waals surface area contributed by atoms with Crippen LogP contribution < -0.4 is 4.74 Å². The van der Waals surface area contributed by atoms with E-state index in [9.17, 15) is 5.11 Å². The Morgan fingerprint density at radius 2 is 2.15 bits per heavy atom. The Morgan fingerprint density at radius 1 is 1.24 bits per heavy atom. The third kappa shape index (κ3) is 6.43. The van der Waals surface area contributed by atoms with Crippen LogP contribution in [0.15, 0.2) is 53.8 Å². The maximum Gasteiger partial charge on any atom is 0.126 e. The number of rotatable bonds is 11. The van der Waals surface area contributed by atoms with Crippen LogP contribution in [0.4, 0.5) is 4.39 Å². The van der Waals surface area contributed by atoms with E-state index in [0.717, 1.165) is 60.6 Å². The lowest BCUT2D eigenvalue weighted by molar-refractivity contribution is 0.0640. The smallest absolute Gasteiger partial charge is 0.126 e. The maximum atomic E-state index is 15.4. The second kappa shape index (κ2) is 12.4. The molecular weight excluding hydrogens is 451 g/mol. The molecule has 3 heterocycles. The highest BCUT2D eigenvalue weighted by Gasteiger charge is 2.29. The Hall–Kier alpha value is -2.29. The molecule has 0 saturated carbocycles. The van der Waals surface area contributed by atoms with Crippen LogP contribution in [0.25, 0.3) is 10.9 Å². The molecule has 1 saturated heterocycles. The van der Waals surface area contributed by atoms with Gasteiger partial charge in [0.15, 0.2) is 0 Å². The summed E-state index contributed by atoms with van der Waals surface area (Å²) in [7, 11) is 1.61. The third-order valence-electron chi connectivity index (χ3n) is 6.74. The van der Waals surface area contributed by atoms with Gasteiger partial charge in [-0.1, -0.05) is 0 Å². The van der Waals surface area contributed by atoms with E-state index in [1.165, 1.54) is 0 Å². The number of fused-ring (bicyclic) bond motifs is 1. The molecule has 3 aromatic rings. The van der Waals surface area contributed by atoms with Crippen LogP contribution in [-0.4, -0.2) is 64.3 Å². The van der Waals surface area contributed by atoms with Gasteiger partial charge in [0.05, 0.1) is 12.6 Å². The van der Waals surface area contributed by atoms with Crippen molar-refractivity contribution in [2.75, 3.05) is 39.1 Å². The topological polar surface area (TPSA) is 71.4 Å². The number of hydrogen-bond donors (Lipinski definition) is 1. The van der Waals surface area contributed by atoms with Gasteiger partial charge in [-0.3, -0.25) is 4.98 Å². The number of aliphatic hydroxyl groups is 1. The molecule has 0 bridgehead atoms. The number of aromatic nitrogens is 3. The molecule has 1 unspecified atom stereocenters. The first-order chi connectivity index (χ1) is 16.7. The molecule has 1 N–H and O–H groups in total.